The van der Waals surface area contributed by atoms with E-state index in [-0.39, 0.29) is 18.4 Å². The zero-order chi connectivity index (χ0) is 25.2. The molecule has 1 saturated heterocycles. The Hall–Kier alpha value is -3.81. The van der Waals surface area contributed by atoms with Crippen molar-refractivity contribution >= 4 is 34.6 Å². The average Bonchev–Trinajstić information content (AvgIpc) is 3.43. The number of hydrogen-bond donors (Lipinski definition) is 2. The Morgan fingerprint density at radius 2 is 1.83 bits per heavy atom. The van der Waals surface area contributed by atoms with Gasteiger partial charge >= 0.3 is 12.1 Å². The van der Waals surface area contributed by atoms with Crippen molar-refractivity contribution in [1.82, 2.24) is 9.88 Å². The van der Waals surface area contributed by atoms with Crippen LogP contribution in [0.2, 0.25) is 0 Å². The van der Waals surface area contributed by atoms with Gasteiger partial charge in [0.05, 0.1) is 6.61 Å². The maximum atomic E-state index is 13.6. The minimum absolute atomic E-state index is 0.157. The van der Waals surface area contributed by atoms with Crippen LogP contribution in [0.25, 0.3) is 10.9 Å². The molecule has 184 valence electrons. The van der Waals surface area contributed by atoms with Crippen LogP contribution < -0.4 is 5.32 Å². The quantitative estimate of drug-likeness (QED) is 0.499. The highest BCUT2D eigenvalue weighted by Crippen LogP contribution is 2.35. The zero-order valence-electron chi connectivity index (χ0n) is 20.5. The van der Waals surface area contributed by atoms with E-state index in [2.05, 4.69) is 10.3 Å². The molecule has 0 aliphatic carbocycles. The number of carbonyl (C=O) groups excluding carboxylic acids is 3. The van der Waals surface area contributed by atoms with Crippen LogP contribution in [-0.4, -0.2) is 52.6 Å². The predicted molar refractivity (Wildman–Crippen MR) is 133 cm³/mol. The van der Waals surface area contributed by atoms with E-state index in [0.29, 0.717) is 24.3 Å². The van der Waals surface area contributed by atoms with Gasteiger partial charge in [0.2, 0.25) is 5.91 Å². The molecule has 4 rings (SSSR count). The van der Waals surface area contributed by atoms with Crippen LogP contribution in [0.15, 0.2) is 54.6 Å². The number of aromatic nitrogens is 1. The second kappa shape index (κ2) is 9.82. The van der Waals surface area contributed by atoms with Crippen LogP contribution in [0, 0.1) is 0 Å². The SMILES string of the molecule is CCOC(=O)c1cc2cc(NC(=O)[C@@H]3[C@H](c4ccccc4)CCN3C(=O)OC(C)(C)C)ccc2[nH]1. The van der Waals surface area contributed by atoms with Gasteiger partial charge in [-0.25, -0.2) is 9.59 Å². The summed E-state index contributed by atoms with van der Waals surface area (Å²) in [6, 6.07) is 16.1. The Bertz CT molecular complexity index is 1230. The fourth-order valence-corrected chi connectivity index (χ4v) is 4.44. The predicted octanol–water partition coefficient (Wildman–Crippen LogP) is 5.08. The highest BCUT2D eigenvalue weighted by molar-refractivity contribution is 6.00. The molecule has 1 aliphatic heterocycles. The third kappa shape index (κ3) is 5.48. The smallest absolute Gasteiger partial charge is 0.410 e. The fourth-order valence-electron chi connectivity index (χ4n) is 4.44. The Kier molecular flexibility index (Phi) is 6.82. The molecular formula is C27H31N3O5. The topological polar surface area (TPSA) is 101 Å². The number of fused-ring (bicyclic) bond motifs is 1. The highest BCUT2D eigenvalue weighted by atomic mass is 16.6. The molecule has 8 nitrogen and oxygen atoms in total. The second-order valence-corrected chi connectivity index (χ2v) is 9.62. The van der Waals surface area contributed by atoms with E-state index in [1.165, 1.54) is 4.90 Å². The van der Waals surface area contributed by atoms with Crippen LogP contribution in [0.5, 0.6) is 0 Å². The number of anilines is 1. The number of rotatable bonds is 5. The number of nitrogens with one attached hydrogen (secondary N) is 2. The maximum Gasteiger partial charge on any atom is 0.410 e. The van der Waals surface area contributed by atoms with Crippen LogP contribution in [0.3, 0.4) is 0 Å². The Morgan fingerprint density at radius 1 is 1.09 bits per heavy atom. The molecule has 2 atom stereocenters. The van der Waals surface area contributed by atoms with Gasteiger partial charge in [0.1, 0.15) is 17.3 Å². The fraction of sp³-hybridized carbons (Fsp3) is 0.370. The number of nitrogens with zero attached hydrogens (tertiary/aromatic N) is 1. The number of esters is 1. The lowest BCUT2D eigenvalue weighted by Crippen LogP contribution is -2.47. The minimum Gasteiger partial charge on any atom is -0.461 e. The van der Waals surface area contributed by atoms with Crippen LogP contribution in [0.4, 0.5) is 10.5 Å². The average molecular weight is 478 g/mol. The molecule has 1 aromatic heterocycles. The molecule has 2 amide bonds. The van der Waals surface area contributed by atoms with Crippen molar-refractivity contribution in [2.45, 2.75) is 51.7 Å². The standard InChI is InChI=1S/C27H31N3O5/c1-5-34-25(32)22-16-18-15-19(11-12-21(18)29-22)28-24(31)23-20(17-9-7-6-8-10-17)13-14-30(23)26(33)35-27(2,3)4/h6-12,15-16,20,23,29H,5,13-14H2,1-4H3,(H,28,31)/t20-,23-/m0/s1. The lowest BCUT2D eigenvalue weighted by Gasteiger charge is -2.30. The third-order valence-electron chi connectivity index (χ3n) is 5.91. The first-order valence-electron chi connectivity index (χ1n) is 11.8. The van der Waals surface area contributed by atoms with Crippen molar-refractivity contribution in [2.24, 2.45) is 0 Å². The molecular weight excluding hydrogens is 446 g/mol. The minimum atomic E-state index is -0.718. The molecule has 1 fully saturated rings. The first kappa shape index (κ1) is 24.3. The number of amides is 2. The summed E-state index contributed by atoms with van der Waals surface area (Å²) in [4.78, 5) is 43.1. The van der Waals surface area contributed by atoms with E-state index in [1.54, 1.807) is 52.0 Å². The van der Waals surface area contributed by atoms with Crippen molar-refractivity contribution in [3.63, 3.8) is 0 Å². The summed E-state index contributed by atoms with van der Waals surface area (Å²) in [5.74, 6) is -0.878. The van der Waals surface area contributed by atoms with Crippen molar-refractivity contribution < 1.29 is 23.9 Å². The molecule has 35 heavy (non-hydrogen) atoms. The van der Waals surface area contributed by atoms with Crippen molar-refractivity contribution in [3.05, 3.63) is 65.9 Å². The summed E-state index contributed by atoms with van der Waals surface area (Å²) in [5, 5.41) is 3.73. The summed E-state index contributed by atoms with van der Waals surface area (Å²) in [7, 11) is 0. The largest absolute Gasteiger partial charge is 0.461 e. The van der Waals surface area contributed by atoms with Crippen molar-refractivity contribution in [3.8, 4) is 0 Å². The molecule has 2 heterocycles. The molecule has 0 saturated carbocycles. The lowest BCUT2D eigenvalue weighted by atomic mass is 9.91. The molecule has 0 bridgehead atoms. The van der Waals surface area contributed by atoms with Crippen LogP contribution in [0.1, 0.15) is 56.1 Å². The number of likely N-dealkylation sites (tertiary alicyclic amines) is 1. The normalized spacial score (nSPS) is 17.9. The number of aromatic amines is 1. The van der Waals surface area contributed by atoms with E-state index < -0.39 is 23.7 Å². The van der Waals surface area contributed by atoms with Gasteiger partial charge in [-0.15, -0.1) is 0 Å². The van der Waals surface area contributed by atoms with Gasteiger partial charge < -0.3 is 19.8 Å². The molecule has 2 N–H and O–H groups in total. The molecule has 2 aromatic carbocycles. The van der Waals surface area contributed by atoms with E-state index in [1.807, 2.05) is 30.3 Å². The summed E-state index contributed by atoms with van der Waals surface area (Å²) >= 11 is 0. The third-order valence-corrected chi connectivity index (χ3v) is 5.91. The van der Waals surface area contributed by atoms with Gasteiger partial charge in [0, 0.05) is 29.1 Å². The molecule has 3 aromatic rings. The van der Waals surface area contributed by atoms with Gasteiger partial charge in [0.15, 0.2) is 0 Å². The van der Waals surface area contributed by atoms with Gasteiger partial charge in [-0.05, 0) is 63.9 Å². The van der Waals surface area contributed by atoms with Crippen LogP contribution in [-0.2, 0) is 14.3 Å². The highest BCUT2D eigenvalue weighted by Gasteiger charge is 2.44. The molecule has 0 unspecified atom stereocenters. The van der Waals surface area contributed by atoms with Gasteiger partial charge in [0.25, 0.3) is 0 Å². The van der Waals surface area contributed by atoms with Gasteiger partial charge in [-0.3, -0.25) is 9.69 Å². The van der Waals surface area contributed by atoms with E-state index in [4.69, 9.17) is 9.47 Å². The van der Waals surface area contributed by atoms with Gasteiger partial charge in [-0.2, -0.15) is 0 Å². The second-order valence-electron chi connectivity index (χ2n) is 9.62. The number of H-pyrrole nitrogens is 1. The zero-order valence-corrected chi connectivity index (χ0v) is 20.5. The Balaban J connectivity index is 1.59. The Morgan fingerprint density at radius 3 is 2.51 bits per heavy atom. The van der Waals surface area contributed by atoms with Crippen LogP contribution >= 0.6 is 0 Å². The summed E-state index contributed by atoms with van der Waals surface area (Å²) in [6.07, 6.45) is 0.150. The number of carbonyl (C=O) groups is 3. The van der Waals surface area contributed by atoms with E-state index in [9.17, 15) is 14.4 Å². The van der Waals surface area contributed by atoms with E-state index in [0.717, 1.165) is 16.5 Å². The number of benzene rings is 2. The first-order chi connectivity index (χ1) is 16.7. The Labute approximate surface area is 204 Å². The monoisotopic (exact) mass is 477 g/mol. The van der Waals surface area contributed by atoms with Gasteiger partial charge in [-0.1, -0.05) is 30.3 Å². The number of hydrogen-bond acceptors (Lipinski definition) is 5. The molecule has 0 radical (unpaired) electrons. The lowest BCUT2D eigenvalue weighted by molar-refractivity contribution is -0.120. The summed E-state index contributed by atoms with van der Waals surface area (Å²) in [6.45, 7) is 7.88. The maximum absolute atomic E-state index is 13.6. The molecule has 1 aliphatic rings. The number of ether oxygens (including phenoxy) is 2. The summed E-state index contributed by atoms with van der Waals surface area (Å²) < 4.78 is 10.7. The van der Waals surface area contributed by atoms with Crippen molar-refractivity contribution in [1.29, 1.82) is 0 Å². The van der Waals surface area contributed by atoms with E-state index >= 15 is 0 Å². The molecule has 0 spiro atoms. The summed E-state index contributed by atoms with van der Waals surface area (Å²) in [5.41, 5.74) is 2.00. The molecule has 8 heteroatoms. The first-order valence-corrected chi connectivity index (χ1v) is 11.8. The van der Waals surface area contributed by atoms with Crippen molar-refractivity contribution in [2.75, 3.05) is 18.5 Å².